The lowest BCUT2D eigenvalue weighted by Crippen LogP contribution is -2.11. The third-order valence-corrected chi connectivity index (χ3v) is 11.2. The van der Waals surface area contributed by atoms with Crippen LogP contribution in [0.15, 0.2) is 217 Å². The lowest BCUT2D eigenvalue weighted by Gasteiger charge is -2.29. The van der Waals surface area contributed by atoms with Crippen molar-refractivity contribution >= 4 is 71.3 Å². The van der Waals surface area contributed by atoms with Crippen molar-refractivity contribution < 1.29 is 4.42 Å². The molecule has 0 bridgehead atoms. The Morgan fingerprint density at radius 2 is 0.893 bits per heavy atom. The van der Waals surface area contributed by atoms with Crippen molar-refractivity contribution in [2.75, 3.05) is 4.90 Å². The van der Waals surface area contributed by atoms with E-state index in [9.17, 15) is 0 Å². The van der Waals surface area contributed by atoms with Gasteiger partial charge < -0.3 is 9.32 Å². The molecule has 1 aromatic heterocycles. The van der Waals surface area contributed by atoms with Crippen molar-refractivity contribution in [2.24, 2.45) is 0 Å². The fourth-order valence-electron chi connectivity index (χ4n) is 8.70. The first-order valence-corrected chi connectivity index (χ1v) is 19.2. The largest absolute Gasteiger partial charge is 0.455 e. The molecular formula is C54H35NO. The van der Waals surface area contributed by atoms with Gasteiger partial charge in [-0.25, -0.2) is 0 Å². The van der Waals surface area contributed by atoms with Gasteiger partial charge in [0.25, 0.3) is 0 Å². The van der Waals surface area contributed by atoms with E-state index in [4.69, 9.17) is 4.42 Å². The van der Waals surface area contributed by atoms with Crippen LogP contribution in [0.25, 0.3) is 87.6 Å². The van der Waals surface area contributed by atoms with E-state index in [1.807, 2.05) is 0 Å². The second kappa shape index (κ2) is 13.2. The molecule has 0 saturated heterocycles. The van der Waals surface area contributed by atoms with Crippen LogP contribution in [0.1, 0.15) is 0 Å². The Balaban J connectivity index is 1.26. The molecule has 0 aliphatic rings. The third-order valence-electron chi connectivity index (χ3n) is 11.2. The first-order valence-electron chi connectivity index (χ1n) is 19.2. The van der Waals surface area contributed by atoms with Crippen LogP contribution in [-0.4, -0.2) is 0 Å². The Bertz CT molecular complexity index is 3250. The number of nitrogens with zero attached hydrogens (tertiary/aromatic N) is 1. The Morgan fingerprint density at radius 3 is 1.70 bits per heavy atom. The number of hydrogen-bond acceptors (Lipinski definition) is 2. The van der Waals surface area contributed by atoms with Gasteiger partial charge in [-0.05, 0) is 91.1 Å². The van der Waals surface area contributed by atoms with E-state index in [0.29, 0.717) is 0 Å². The van der Waals surface area contributed by atoms with Crippen molar-refractivity contribution in [1.29, 1.82) is 0 Å². The number of fused-ring (bicyclic) bond motifs is 7. The minimum atomic E-state index is 0.865. The van der Waals surface area contributed by atoms with Gasteiger partial charge in [0, 0.05) is 22.0 Å². The maximum absolute atomic E-state index is 6.95. The molecule has 0 atom stereocenters. The van der Waals surface area contributed by atoms with Gasteiger partial charge in [-0.1, -0.05) is 176 Å². The predicted octanol–water partition coefficient (Wildman–Crippen LogP) is 15.5. The minimum absolute atomic E-state index is 0.865. The topological polar surface area (TPSA) is 16.4 Å². The van der Waals surface area contributed by atoms with Crippen LogP contribution >= 0.6 is 0 Å². The van der Waals surface area contributed by atoms with Crippen LogP contribution in [0.4, 0.5) is 17.1 Å². The molecule has 11 rings (SSSR count). The molecule has 1 heterocycles. The van der Waals surface area contributed by atoms with Gasteiger partial charge in [-0.3, -0.25) is 0 Å². The molecule has 0 saturated carbocycles. The summed E-state index contributed by atoms with van der Waals surface area (Å²) in [5.74, 6) is 0. The first-order chi connectivity index (χ1) is 27.8. The fraction of sp³-hybridized carbons (Fsp3) is 0. The fourth-order valence-corrected chi connectivity index (χ4v) is 8.70. The minimum Gasteiger partial charge on any atom is -0.455 e. The highest BCUT2D eigenvalue weighted by molar-refractivity contribution is 6.21. The summed E-state index contributed by atoms with van der Waals surface area (Å²) in [6, 6.07) is 76.5. The molecule has 262 valence electrons. The summed E-state index contributed by atoms with van der Waals surface area (Å²) in [5, 5.41) is 9.39. The van der Waals surface area contributed by atoms with Crippen molar-refractivity contribution in [3.8, 4) is 33.4 Å². The Kier molecular flexibility index (Phi) is 7.53. The van der Waals surface area contributed by atoms with Gasteiger partial charge >= 0.3 is 0 Å². The van der Waals surface area contributed by atoms with Crippen molar-refractivity contribution in [1.82, 2.24) is 0 Å². The quantitative estimate of drug-likeness (QED) is 0.160. The zero-order chi connectivity index (χ0) is 37.0. The van der Waals surface area contributed by atoms with Gasteiger partial charge in [-0.15, -0.1) is 0 Å². The number of hydrogen-bond donors (Lipinski definition) is 0. The lowest BCUT2D eigenvalue weighted by atomic mass is 9.92. The molecular weight excluding hydrogens is 679 g/mol. The molecule has 56 heavy (non-hydrogen) atoms. The van der Waals surface area contributed by atoms with E-state index in [1.54, 1.807) is 0 Å². The highest BCUT2D eigenvalue weighted by Crippen LogP contribution is 2.50. The van der Waals surface area contributed by atoms with E-state index in [2.05, 4.69) is 217 Å². The van der Waals surface area contributed by atoms with Gasteiger partial charge in [-0.2, -0.15) is 0 Å². The molecule has 11 aromatic rings. The average molecular weight is 714 g/mol. The molecule has 10 aromatic carbocycles. The number of benzene rings is 10. The first kappa shape index (κ1) is 32.0. The molecule has 0 amide bonds. The van der Waals surface area contributed by atoms with Crippen LogP contribution in [0, 0.1) is 0 Å². The smallest absolute Gasteiger partial charge is 0.145 e. The highest BCUT2D eigenvalue weighted by Gasteiger charge is 2.25. The number of furan rings is 1. The second-order valence-electron chi connectivity index (χ2n) is 14.4. The summed E-state index contributed by atoms with van der Waals surface area (Å²) < 4.78 is 6.95. The lowest BCUT2D eigenvalue weighted by molar-refractivity contribution is 0.670. The van der Waals surface area contributed by atoms with Crippen LogP contribution in [-0.2, 0) is 0 Å². The molecule has 0 unspecified atom stereocenters. The Hall–Kier alpha value is -7.42. The monoisotopic (exact) mass is 713 g/mol. The van der Waals surface area contributed by atoms with Gasteiger partial charge in [0.15, 0.2) is 0 Å². The Morgan fingerprint density at radius 1 is 0.321 bits per heavy atom. The summed E-state index contributed by atoms with van der Waals surface area (Å²) in [7, 11) is 0. The summed E-state index contributed by atoms with van der Waals surface area (Å²) >= 11 is 0. The average Bonchev–Trinajstić information content (AvgIpc) is 3.67. The van der Waals surface area contributed by atoms with Gasteiger partial charge in [0.05, 0.1) is 16.8 Å². The molecule has 0 N–H and O–H groups in total. The molecule has 0 aliphatic carbocycles. The van der Waals surface area contributed by atoms with Crippen molar-refractivity contribution in [3.63, 3.8) is 0 Å². The molecule has 0 radical (unpaired) electrons. The van der Waals surface area contributed by atoms with Crippen molar-refractivity contribution in [3.05, 3.63) is 212 Å². The number of anilines is 3. The zero-order valence-electron chi connectivity index (χ0n) is 30.6. The summed E-state index contributed by atoms with van der Waals surface area (Å²) in [5.41, 5.74) is 11.9. The van der Waals surface area contributed by atoms with Crippen LogP contribution in [0.2, 0.25) is 0 Å². The third kappa shape index (κ3) is 5.19. The Labute approximate surface area is 325 Å². The van der Waals surface area contributed by atoms with Crippen molar-refractivity contribution in [2.45, 2.75) is 0 Å². The van der Waals surface area contributed by atoms with Crippen LogP contribution in [0.5, 0.6) is 0 Å². The van der Waals surface area contributed by atoms with Gasteiger partial charge in [0.2, 0.25) is 0 Å². The van der Waals surface area contributed by atoms with E-state index < -0.39 is 0 Å². The zero-order valence-corrected chi connectivity index (χ0v) is 30.6. The highest BCUT2D eigenvalue weighted by atomic mass is 16.3. The predicted molar refractivity (Wildman–Crippen MR) is 237 cm³/mol. The molecule has 0 aliphatic heterocycles. The second-order valence-corrected chi connectivity index (χ2v) is 14.4. The van der Waals surface area contributed by atoms with Gasteiger partial charge in [0.1, 0.15) is 11.2 Å². The normalized spacial score (nSPS) is 11.6. The SMILES string of the molecule is c1ccc(-c2ccc(N(c3cccc4ccc5ccccc5c34)c3ccc(-c4cccc5ccccc45)c4oc5ccccc5c34)cc2-c2ccccc2)cc1. The van der Waals surface area contributed by atoms with E-state index >= 15 is 0 Å². The van der Waals surface area contributed by atoms with Crippen LogP contribution < -0.4 is 4.90 Å². The summed E-state index contributed by atoms with van der Waals surface area (Å²) in [6.07, 6.45) is 0. The summed E-state index contributed by atoms with van der Waals surface area (Å²) in [4.78, 5) is 2.47. The van der Waals surface area contributed by atoms with E-state index in [1.165, 1.54) is 54.6 Å². The molecule has 0 spiro atoms. The van der Waals surface area contributed by atoms with Crippen LogP contribution in [0.3, 0.4) is 0 Å². The maximum Gasteiger partial charge on any atom is 0.145 e. The van der Waals surface area contributed by atoms with E-state index in [-0.39, 0.29) is 0 Å². The molecule has 0 fully saturated rings. The standard InChI is InChI=1S/C54H35NO/c1-3-15-36(16-4-1)43-32-31-41(35-48(43)38-17-5-2-6-18-38)55(49-27-14-22-40-30-29-39-20-8-10-24-44(39)52(40)49)50-34-33-46(45-26-13-21-37-19-7-9-23-42(37)45)54-53(50)47-25-11-12-28-51(47)56-54/h1-35H. The number of para-hydroxylation sites is 1. The maximum atomic E-state index is 6.95. The molecule has 2 nitrogen and oxygen atoms in total. The summed E-state index contributed by atoms with van der Waals surface area (Å²) in [6.45, 7) is 0. The molecule has 2 heteroatoms. The number of rotatable bonds is 6. The van der Waals surface area contributed by atoms with E-state index in [0.717, 1.165) is 50.1 Å².